The zero-order valence-electron chi connectivity index (χ0n) is 16.2. The third-order valence-corrected chi connectivity index (χ3v) is 4.63. The van der Waals surface area contributed by atoms with Crippen LogP contribution in [0.25, 0.3) is 10.8 Å². The van der Waals surface area contributed by atoms with Crippen LogP contribution >= 0.6 is 0 Å². The Bertz CT molecular complexity index is 1200. The molecule has 0 radical (unpaired) electrons. The van der Waals surface area contributed by atoms with Gasteiger partial charge in [0.2, 0.25) is 0 Å². The molecule has 0 heterocycles. The maximum Gasteiger partial charge on any atom is 0.275 e. The van der Waals surface area contributed by atoms with E-state index < -0.39 is 5.91 Å². The van der Waals surface area contributed by atoms with Crippen LogP contribution in [0.4, 0.5) is 0 Å². The van der Waals surface area contributed by atoms with Crippen molar-refractivity contribution in [3.8, 4) is 11.5 Å². The zero-order chi connectivity index (χ0) is 20.8. The molecule has 0 unspecified atom stereocenters. The number of aromatic hydroxyl groups is 1. The van der Waals surface area contributed by atoms with E-state index in [4.69, 9.17) is 4.74 Å². The van der Waals surface area contributed by atoms with E-state index in [-0.39, 0.29) is 11.3 Å². The van der Waals surface area contributed by atoms with Crippen molar-refractivity contribution in [3.63, 3.8) is 0 Å². The van der Waals surface area contributed by atoms with Crippen molar-refractivity contribution in [1.82, 2.24) is 5.43 Å². The summed E-state index contributed by atoms with van der Waals surface area (Å²) in [6.07, 6.45) is 1.52. The molecule has 0 aromatic heterocycles. The molecule has 0 aliphatic heterocycles. The van der Waals surface area contributed by atoms with E-state index in [0.29, 0.717) is 12.4 Å². The minimum absolute atomic E-state index is 0.0898. The highest BCUT2D eigenvalue weighted by atomic mass is 16.5. The lowest BCUT2D eigenvalue weighted by atomic mass is 10.1. The number of benzene rings is 4. The van der Waals surface area contributed by atoms with Crippen LogP contribution in [0.5, 0.6) is 11.5 Å². The van der Waals surface area contributed by atoms with Gasteiger partial charge in [-0.2, -0.15) is 5.10 Å². The van der Waals surface area contributed by atoms with Gasteiger partial charge < -0.3 is 9.84 Å². The van der Waals surface area contributed by atoms with Gasteiger partial charge in [0, 0.05) is 5.56 Å². The van der Waals surface area contributed by atoms with Crippen LogP contribution in [0.2, 0.25) is 0 Å². The second-order valence-electron chi connectivity index (χ2n) is 6.73. The molecule has 148 valence electrons. The summed E-state index contributed by atoms with van der Waals surface area (Å²) < 4.78 is 5.89. The molecule has 4 aromatic carbocycles. The summed E-state index contributed by atoms with van der Waals surface area (Å²) >= 11 is 0. The first-order valence-electron chi connectivity index (χ1n) is 9.51. The van der Waals surface area contributed by atoms with E-state index in [1.54, 1.807) is 12.1 Å². The summed E-state index contributed by atoms with van der Waals surface area (Å²) in [4.78, 5) is 12.5. The van der Waals surface area contributed by atoms with Crippen LogP contribution in [-0.2, 0) is 6.61 Å². The number of rotatable bonds is 6. The molecular weight excluding hydrogens is 376 g/mol. The van der Waals surface area contributed by atoms with Crippen LogP contribution in [-0.4, -0.2) is 17.2 Å². The maximum atomic E-state index is 12.5. The van der Waals surface area contributed by atoms with Crippen LogP contribution < -0.4 is 10.2 Å². The van der Waals surface area contributed by atoms with E-state index in [2.05, 4.69) is 10.5 Å². The first-order chi connectivity index (χ1) is 14.7. The summed E-state index contributed by atoms with van der Waals surface area (Å²) in [7, 11) is 0. The van der Waals surface area contributed by atoms with Crippen LogP contribution in [0.1, 0.15) is 21.5 Å². The third kappa shape index (κ3) is 4.47. The highest BCUT2D eigenvalue weighted by molar-refractivity contribution is 6.01. The number of hydrogen-bond donors (Lipinski definition) is 2. The predicted octanol–water partition coefficient (Wildman–Crippen LogP) is 4.89. The first-order valence-corrected chi connectivity index (χ1v) is 9.51. The van der Waals surface area contributed by atoms with E-state index in [0.717, 1.165) is 21.9 Å². The van der Waals surface area contributed by atoms with E-state index in [9.17, 15) is 9.90 Å². The van der Waals surface area contributed by atoms with Crippen molar-refractivity contribution >= 4 is 22.9 Å². The molecule has 5 nitrogen and oxygen atoms in total. The molecule has 4 aromatic rings. The fourth-order valence-corrected chi connectivity index (χ4v) is 3.08. The van der Waals surface area contributed by atoms with Crippen molar-refractivity contribution in [3.05, 3.63) is 108 Å². The number of hydrogen-bond acceptors (Lipinski definition) is 4. The predicted molar refractivity (Wildman–Crippen MR) is 118 cm³/mol. The Labute approximate surface area is 174 Å². The van der Waals surface area contributed by atoms with Crippen molar-refractivity contribution < 1.29 is 14.6 Å². The molecular formula is C25H20N2O3. The second kappa shape index (κ2) is 8.92. The molecule has 4 rings (SSSR count). The molecule has 0 fully saturated rings. The molecule has 0 bridgehead atoms. The van der Waals surface area contributed by atoms with Gasteiger partial charge in [-0.3, -0.25) is 4.79 Å². The lowest BCUT2D eigenvalue weighted by Crippen LogP contribution is -2.17. The number of fused-ring (bicyclic) bond motifs is 1. The lowest BCUT2D eigenvalue weighted by Gasteiger charge is -2.09. The summed E-state index contributed by atoms with van der Waals surface area (Å²) in [5.74, 6) is 0.0816. The third-order valence-electron chi connectivity index (χ3n) is 4.63. The summed E-state index contributed by atoms with van der Waals surface area (Å²) in [5.41, 5.74) is 4.43. The van der Waals surface area contributed by atoms with Gasteiger partial charge in [-0.05, 0) is 40.6 Å². The number of hydrazone groups is 1. The van der Waals surface area contributed by atoms with Crippen LogP contribution in [0, 0.1) is 0 Å². The monoisotopic (exact) mass is 396 g/mol. The first kappa shape index (κ1) is 19.2. The Morgan fingerprint density at radius 1 is 0.900 bits per heavy atom. The summed E-state index contributed by atoms with van der Waals surface area (Å²) in [6, 6.07) is 28.0. The lowest BCUT2D eigenvalue weighted by molar-refractivity contribution is 0.0952. The highest BCUT2D eigenvalue weighted by Crippen LogP contribution is 2.25. The number of phenolic OH excluding ortho intramolecular Hbond substituents is 1. The number of nitrogens with one attached hydrogen (secondary N) is 1. The zero-order valence-corrected chi connectivity index (χ0v) is 16.2. The average molecular weight is 396 g/mol. The van der Waals surface area contributed by atoms with Crippen molar-refractivity contribution in [2.24, 2.45) is 5.10 Å². The van der Waals surface area contributed by atoms with Crippen molar-refractivity contribution in [2.45, 2.75) is 6.61 Å². The number of para-hydroxylation sites is 1. The summed E-state index contributed by atoms with van der Waals surface area (Å²) in [6.45, 7) is 0.434. The highest BCUT2D eigenvalue weighted by Gasteiger charge is 2.12. The van der Waals surface area contributed by atoms with Crippen molar-refractivity contribution in [2.75, 3.05) is 0 Å². The molecule has 0 spiro atoms. The molecule has 0 saturated carbocycles. The molecule has 0 aliphatic rings. The molecule has 0 aliphatic carbocycles. The number of phenols is 1. The number of carbonyl (C=O) groups is 1. The van der Waals surface area contributed by atoms with Crippen LogP contribution in [0.3, 0.4) is 0 Å². The fraction of sp³-hybridized carbons (Fsp3) is 0.0400. The molecule has 0 saturated heterocycles. The van der Waals surface area contributed by atoms with Gasteiger partial charge in [0.05, 0.1) is 11.8 Å². The Morgan fingerprint density at radius 2 is 1.57 bits per heavy atom. The molecule has 30 heavy (non-hydrogen) atoms. The van der Waals surface area contributed by atoms with E-state index in [1.807, 2.05) is 78.9 Å². The SMILES string of the molecule is O=C(NN=Cc1ccccc1OCc1ccccc1)c1cc2ccccc2cc1O. The van der Waals surface area contributed by atoms with Crippen LogP contribution in [0.15, 0.2) is 96.1 Å². The Hall–Kier alpha value is -4.12. The van der Waals surface area contributed by atoms with E-state index >= 15 is 0 Å². The van der Waals surface area contributed by atoms with Gasteiger partial charge in [-0.1, -0.05) is 66.7 Å². The smallest absolute Gasteiger partial charge is 0.275 e. The molecule has 2 N–H and O–H groups in total. The van der Waals surface area contributed by atoms with E-state index in [1.165, 1.54) is 6.21 Å². The topological polar surface area (TPSA) is 70.9 Å². The largest absolute Gasteiger partial charge is 0.507 e. The standard InChI is InChI=1S/C25H20N2O3/c28-23-15-20-11-5-4-10-19(20)14-22(23)25(29)27-26-16-21-12-6-7-13-24(21)30-17-18-8-2-1-3-9-18/h1-16,28H,17H2,(H,27,29). The number of ether oxygens (including phenoxy) is 1. The Kier molecular flexibility index (Phi) is 5.71. The number of amides is 1. The quantitative estimate of drug-likeness (QED) is 0.360. The van der Waals surface area contributed by atoms with Gasteiger partial charge in [-0.15, -0.1) is 0 Å². The second-order valence-corrected chi connectivity index (χ2v) is 6.73. The Balaban J connectivity index is 1.46. The minimum atomic E-state index is -0.489. The number of carbonyl (C=O) groups excluding carboxylic acids is 1. The fourth-order valence-electron chi connectivity index (χ4n) is 3.08. The average Bonchev–Trinajstić information content (AvgIpc) is 2.78. The molecule has 5 heteroatoms. The normalized spacial score (nSPS) is 10.9. The maximum absolute atomic E-state index is 12.5. The van der Waals surface area contributed by atoms with Gasteiger partial charge in [0.15, 0.2) is 0 Å². The van der Waals surface area contributed by atoms with Crippen molar-refractivity contribution in [1.29, 1.82) is 0 Å². The Morgan fingerprint density at radius 3 is 2.37 bits per heavy atom. The molecule has 1 amide bonds. The number of nitrogens with zero attached hydrogens (tertiary/aromatic N) is 1. The summed E-state index contributed by atoms with van der Waals surface area (Å²) in [5, 5.41) is 15.9. The molecule has 0 atom stereocenters. The van der Waals surface area contributed by atoms with Gasteiger partial charge >= 0.3 is 0 Å². The van der Waals surface area contributed by atoms with Gasteiger partial charge in [0.25, 0.3) is 5.91 Å². The van der Waals surface area contributed by atoms with Gasteiger partial charge in [-0.25, -0.2) is 5.43 Å². The minimum Gasteiger partial charge on any atom is -0.507 e. The van der Waals surface area contributed by atoms with Gasteiger partial charge in [0.1, 0.15) is 18.1 Å².